The fourth-order valence-corrected chi connectivity index (χ4v) is 4.02. The zero-order valence-corrected chi connectivity index (χ0v) is 21.0. The average molecular weight is 499 g/mol. The van der Waals surface area contributed by atoms with Gasteiger partial charge in [0.2, 0.25) is 11.8 Å². The molecule has 0 aliphatic carbocycles. The standard InChI is InChI=1S/C29H30N4O4/c1-29(2,3)28(37)31-23(16-19-13-14-20-9-7-8-12-22(20)15-19)26(34)32-24-17-33(18-30-24)25(27(35)36)21-10-5-4-6-11-21/h4-15,17-18,23,25H,16H2,1-3H3,(H,31,37)(H,32,34)(H,35,36)/t23-,25?/m1/s1. The smallest absolute Gasteiger partial charge is 0.331 e. The SMILES string of the molecule is CC(C)(C)C(=O)N[C@H](Cc1ccc2ccccc2c1)C(=O)Nc1cn(C(C(=O)O)c2ccccc2)cn1. The van der Waals surface area contributed by atoms with Crippen molar-refractivity contribution in [2.45, 2.75) is 39.3 Å². The van der Waals surface area contributed by atoms with Gasteiger partial charge in [-0.25, -0.2) is 9.78 Å². The quantitative estimate of drug-likeness (QED) is 0.333. The van der Waals surface area contributed by atoms with E-state index in [2.05, 4.69) is 15.6 Å². The summed E-state index contributed by atoms with van der Waals surface area (Å²) >= 11 is 0. The van der Waals surface area contributed by atoms with Crippen molar-refractivity contribution >= 4 is 34.4 Å². The Hall–Kier alpha value is -4.46. The van der Waals surface area contributed by atoms with Crippen molar-refractivity contribution in [2.24, 2.45) is 5.41 Å². The molecule has 8 nitrogen and oxygen atoms in total. The number of carbonyl (C=O) groups excluding carboxylic acids is 2. The third-order valence-electron chi connectivity index (χ3n) is 6.06. The Morgan fingerprint density at radius 2 is 1.62 bits per heavy atom. The van der Waals surface area contributed by atoms with Crippen molar-refractivity contribution in [2.75, 3.05) is 5.32 Å². The van der Waals surface area contributed by atoms with Crippen molar-refractivity contribution < 1.29 is 19.5 Å². The molecule has 4 aromatic rings. The Kier molecular flexibility index (Phi) is 7.38. The first kappa shape index (κ1) is 25.6. The van der Waals surface area contributed by atoms with Crippen LogP contribution in [0, 0.1) is 5.41 Å². The molecule has 0 saturated heterocycles. The third kappa shape index (κ3) is 6.22. The fraction of sp³-hybridized carbons (Fsp3) is 0.241. The highest BCUT2D eigenvalue weighted by Gasteiger charge is 2.29. The number of aromatic nitrogens is 2. The normalized spacial score (nSPS) is 13.1. The number of nitrogens with zero attached hydrogens (tertiary/aromatic N) is 2. The number of rotatable bonds is 8. The highest BCUT2D eigenvalue weighted by molar-refractivity contribution is 5.97. The maximum absolute atomic E-state index is 13.3. The summed E-state index contributed by atoms with van der Waals surface area (Å²) in [6.45, 7) is 5.35. The van der Waals surface area contributed by atoms with Crippen molar-refractivity contribution in [1.29, 1.82) is 0 Å². The van der Waals surface area contributed by atoms with Crippen LogP contribution < -0.4 is 10.6 Å². The summed E-state index contributed by atoms with van der Waals surface area (Å²) in [6, 6.07) is 20.8. The Morgan fingerprint density at radius 3 is 2.30 bits per heavy atom. The highest BCUT2D eigenvalue weighted by Crippen LogP contribution is 2.21. The van der Waals surface area contributed by atoms with E-state index in [-0.39, 0.29) is 18.1 Å². The molecule has 4 rings (SSSR count). The molecule has 190 valence electrons. The minimum atomic E-state index is -1.05. The average Bonchev–Trinajstić information content (AvgIpc) is 3.31. The van der Waals surface area contributed by atoms with Crippen LogP contribution in [0.4, 0.5) is 5.82 Å². The van der Waals surface area contributed by atoms with E-state index in [9.17, 15) is 19.5 Å². The number of carboxylic acid groups (broad SMARTS) is 1. The number of anilines is 1. The van der Waals surface area contributed by atoms with Gasteiger partial charge in [-0.05, 0) is 21.9 Å². The van der Waals surface area contributed by atoms with Crippen molar-refractivity contribution in [3.8, 4) is 0 Å². The number of imidazole rings is 1. The number of hydrogen-bond donors (Lipinski definition) is 3. The van der Waals surface area contributed by atoms with Crippen LogP contribution >= 0.6 is 0 Å². The van der Waals surface area contributed by atoms with Crippen LogP contribution in [-0.4, -0.2) is 38.5 Å². The molecule has 8 heteroatoms. The molecular formula is C29H30N4O4. The first-order chi connectivity index (χ1) is 17.6. The molecule has 0 aliphatic heterocycles. The molecule has 0 bridgehead atoms. The number of carbonyl (C=O) groups is 3. The first-order valence-corrected chi connectivity index (χ1v) is 12.0. The van der Waals surface area contributed by atoms with Crippen LogP contribution in [0.1, 0.15) is 37.9 Å². The zero-order valence-electron chi connectivity index (χ0n) is 21.0. The van der Waals surface area contributed by atoms with E-state index in [0.717, 1.165) is 16.3 Å². The van der Waals surface area contributed by atoms with Gasteiger partial charge in [0.1, 0.15) is 6.04 Å². The van der Waals surface area contributed by atoms with Crippen LogP contribution in [0.2, 0.25) is 0 Å². The minimum absolute atomic E-state index is 0.195. The lowest BCUT2D eigenvalue weighted by molar-refractivity contribution is -0.139. The molecule has 37 heavy (non-hydrogen) atoms. The summed E-state index contributed by atoms with van der Waals surface area (Å²) in [4.78, 5) is 42.3. The molecule has 1 aromatic heterocycles. The lowest BCUT2D eigenvalue weighted by atomic mass is 9.94. The van der Waals surface area contributed by atoms with Gasteiger partial charge in [0.15, 0.2) is 11.9 Å². The second kappa shape index (κ2) is 10.7. The summed E-state index contributed by atoms with van der Waals surface area (Å²) in [5.41, 5.74) is 0.791. The summed E-state index contributed by atoms with van der Waals surface area (Å²) in [5, 5.41) is 17.5. The second-order valence-corrected chi connectivity index (χ2v) is 10.0. The van der Waals surface area contributed by atoms with Gasteiger partial charge in [0.25, 0.3) is 0 Å². The van der Waals surface area contributed by atoms with Crippen LogP contribution in [-0.2, 0) is 20.8 Å². The van der Waals surface area contributed by atoms with Gasteiger partial charge in [0.05, 0.1) is 6.33 Å². The molecule has 0 aliphatic rings. The van der Waals surface area contributed by atoms with E-state index in [1.807, 2.05) is 48.5 Å². The van der Waals surface area contributed by atoms with Crippen molar-refractivity contribution in [3.63, 3.8) is 0 Å². The maximum Gasteiger partial charge on any atom is 0.331 e. The van der Waals surface area contributed by atoms with E-state index in [0.29, 0.717) is 5.56 Å². The second-order valence-electron chi connectivity index (χ2n) is 10.0. The molecule has 0 spiro atoms. The van der Waals surface area contributed by atoms with Gasteiger partial charge >= 0.3 is 5.97 Å². The van der Waals surface area contributed by atoms with Gasteiger partial charge in [-0.1, -0.05) is 93.6 Å². The van der Waals surface area contributed by atoms with Crippen LogP contribution in [0.25, 0.3) is 10.8 Å². The maximum atomic E-state index is 13.3. The van der Waals surface area contributed by atoms with Gasteiger partial charge in [-0.2, -0.15) is 0 Å². The zero-order chi connectivity index (χ0) is 26.6. The summed E-state index contributed by atoms with van der Waals surface area (Å²) in [5.74, 6) is -1.55. The Morgan fingerprint density at radius 1 is 0.946 bits per heavy atom. The fourth-order valence-electron chi connectivity index (χ4n) is 4.02. The minimum Gasteiger partial charge on any atom is -0.479 e. The molecule has 2 atom stereocenters. The van der Waals surface area contributed by atoms with Crippen molar-refractivity contribution in [1.82, 2.24) is 14.9 Å². The van der Waals surface area contributed by atoms with Gasteiger partial charge < -0.3 is 20.3 Å². The summed E-state index contributed by atoms with van der Waals surface area (Å²) < 4.78 is 1.43. The first-order valence-electron chi connectivity index (χ1n) is 12.0. The Balaban J connectivity index is 1.56. The van der Waals surface area contributed by atoms with Crippen LogP contribution in [0.5, 0.6) is 0 Å². The number of carboxylic acids is 1. The third-order valence-corrected chi connectivity index (χ3v) is 6.06. The van der Waals surface area contributed by atoms with Crippen LogP contribution in [0.15, 0.2) is 85.3 Å². The Bertz CT molecular complexity index is 1420. The number of nitrogens with one attached hydrogen (secondary N) is 2. The van der Waals surface area contributed by atoms with E-state index in [4.69, 9.17) is 0 Å². The molecule has 1 unspecified atom stereocenters. The molecule has 0 radical (unpaired) electrons. The predicted octanol–water partition coefficient (Wildman–Crippen LogP) is 4.42. The summed E-state index contributed by atoms with van der Waals surface area (Å²) in [7, 11) is 0. The number of benzene rings is 3. The lowest BCUT2D eigenvalue weighted by Crippen LogP contribution is -2.49. The molecule has 1 heterocycles. The van der Waals surface area contributed by atoms with E-state index < -0.39 is 29.4 Å². The van der Waals surface area contributed by atoms with E-state index in [1.54, 1.807) is 45.0 Å². The topological polar surface area (TPSA) is 113 Å². The highest BCUT2D eigenvalue weighted by atomic mass is 16.4. The van der Waals surface area contributed by atoms with Crippen LogP contribution in [0.3, 0.4) is 0 Å². The van der Waals surface area contributed by atoms with Gasteiger partial charge in [-0.15, -0.1) is 0 Å². The monoisotopic (exact) mass is 498 g/mol. The largest absolute Gasteiger partial charge is 0.479 e. The molecule has 3 N–H and O–H groups in total. The number of aliphatic carboxylic acids is 1. The lowest BCUT2D eigenvalue weighted by Gasteiger charge is -2.24. The molecule has 0 saturated carbocycles. The van der Waals surface area contributed by atoms with Gasteiger partial charge in [-0.3, -0.25) is 9.59 Å². The molecule has 0 fully saturated rings. The summed E-state index contributed by atoms with van der Waals surface area (Å²) in [6.07, 6.45) is 3.12. The molecule has 3 aromatic carbocycles. The van der Waals surface area contributed by atoms with E-state index >= 15 is 0 Å². The molecular weight excluding hydrogens is 468 g/mol. The Labute approximate surface area is 215 Å². The van der Waals surface area contributed by atoms with E-state index in [1.165, 1.54) is 17.1 Å². The van der Waals surface area contributed by atoms with Gasteiger partial charge in [0, 0.05) is 18.0 Å². The molecule has 2 amide bonds. The number of fused-ring (bicyclic) bond motifs is 1. The predicted molar refractivity (Wildman–Crippen MR) is 142 cm³/mol. The number of amides is 2. The number of hydrogen-bond acceptors (Lipinski definition) is 4. The van der Waals surface area contributed by atoms with Crippen molar-refractivity contribution in [3.05, 3.63) is 96.4 Å².